The first-order valence-corrected chi connectivity index (χ1v) is 7.19. The van der Waals surface area contributed by atoms with Gasteiger partial charge in [0, 0.05) is 6.42 Å². The zero-order valence-corrected chi connectivity index (χ0v) is 10.7. The molecule has 0 aliphatic carbocycles. The smallest absolute Gasteiger partial charge is 0.287 e. The number of thioether (sulfide) groups is 1. The predicted octanol–water partition coefficient (Wildman–Crippen LogP) is 1.97. The minimum Gasteiger partial charge on any atom is -0.287 e. The van der Waals surface area contributed by atoms with E-state index in [4.69, 9.17) is 4.55 Å². The van der Waals surface area contributed by atoms with Gasteiger partial charge in [-0.05, 0) is 5.56 Å². The van der Waals surface area contributed by atoms with Crippen molar-refractivity contribution < 1.29 is 26.5 Å². The summed E-state index contributed by atoms with van der Waals surface area (Å²) in [6, 6.07) is 8.44. The number of hydrogen-bond acceptors (Lipinski definition) is 4. The molecule has 0 spiro atoms. The summed E-state index contributed by atoms with van der Waals surface area (Å²) in [6.07, 6.45) is -0.0763. The van der Waals surface area contributed by atoms with Crippen LogP contribution in [0.25, 0.3) is 0 Å². The second-order valence-corrected chi connectivity index (χ2v) is 6.02. The van der Waals surface area contributed by atoms with Crippen LogP contribution in [0.15, 0.2) is 30.3 Å². The van der Waals surface area contributed by atoms with Gasteiger partial charge < -0.3 is 0 Å². The summed E-state index contributed by atoms with van der Waals surface area (Å²) in [4.78, 5) is 11.3. The first-order valence-electron chi connectivity index (χ1n) is 4.77. The van der Waals surface area contributed by atoms with Crippen LogP contribution in [-0.2, 0) is 21.3 Å². The van der Waals surface area contributed by atoms with Crippen LogP contribution in [0.4, 0.5) is 8.78 Å². The standard InChI is InChI=1S/C10H10F2O4S2/c11-10(12,18(14,15)16)7-17-9(13)6-8-4-2-1-3-5-8/h1-5H,6-7H2,(H,14,15,16). The molecule has 1 aromatic carbocycles. The third-order valence-electron chi connectivity index (χ3n) is 1.97. The Hall–Kier alpha value is -0.990. The number of carbonyl (C=O) groups excluding carboxylic acids is 1. The lowest BCUT2D eigenvalue weighted by Gasteiger charge is -2.11. The molecule has 1 N–H and O–H groups in total. The summed E-state index contributed by atoms with van der Waals surface area (Å²) in [5.74, 6) is -1.29. The van der Waals surface area contributed by atoms with Gasteiger partial charge in [-0.3, -0.25) is 9.35 Å². The summed E-state index contributed by atoms with van der Waals surface area (Å²) >= 11 is 0.177. The lowest BCUT2D eigenvalue weighted by atomic mass is 10.2. The number of rotatable bonds is 5. The van der Waals surface area contributed by atoms with Crippen molar-refractivity contribution in [3.8, 4) is 0 Å². The molecule has 100 valence electrons. The molecule has 4 nitrogen and oxygen atoms in total. The van der Waals surface area contributed by atoms with E-state index >= 15 is 0 Å². The minimum atomic E-state index is -5.48. The van der Waals surface area contributed by atoms with Gasteiger partial charge in [-0.15, -0.1) is 0 Å². The van der Waals surface area contributed by atoms with Gasteiger partial charge >= 0.3 is 15.4 Å². The maximum Gasteiger partial charge on any atom is 0.379 e. The highest BCUT2D eigenvalue weighted by Gasteiger charge is 2.44. The van der Waals surface area contributed by atoms with E-state index in [-0.39, 0.29) is 18.2 Å². The monoisotopic (exact) mass is 296 g/mol. The summed E-state index contributed by atoms with van der Waals surface area (Å²) in [7, 11) is -5.48. The van der Waals surface area contributed by atoms with Gasteiger partial charge in [-0.25, -0.2) is 0 Å². The Morgan fingerprint density at radius 2 is 1.83 bits per heavy atom. The number of hydrogen-bond donors (Lipinski definition) is 1. The van der Waals surface area contributed by atoms with Gasteiger partial charge in [0.25, 0.3) is 0 Å². The summed E-state index contributed by atoms with van der Waals surface area (Å²) < 4.78 is 54.5. The van der Waals surface area contributed by atoms with Gasteiger partial charge in [0.15, 0.2) is 5.12 Å². The highest BCUT2D eigenvalue weighted by molar-refractivity contribution is 8.14. The lowest BCUT2D eigenvalue weighted by Crippen LogP contribution is -2.31. The van der Waals surface area contributed by atoms with Crippen LogP contribution in [0, 0.1) is 0 Å². The van der Waals surface area contributed by atoms with Crippen LogP contribution in [0.2, 0.25) is 0 Å². The molecule has 0 saturated carbocycles. The molecule has 0 radical (unpaired) electrons. The molecule has 18 heavy (non-hydrogen) atoms. The molecule has 0 saturated heterocycles. The predicted molar refractivity (Wildman–Crippen MR) is 64.1 cm³/mol. The molecule has 0 aliphatic rings. The van der Waals surface area contributed by atoms with Gasteiger partial charge in [-0.2, -0.15) is 17.2 Å². The first-order chi connectivity index (χ1) is 8.22. The average molecular weight is 296 g/mol. The SMILES string of the molecule is O=C(Cc1ccccc1)SCC(F)(F)S(=O)(=O)O. The maximum atomic E-state index is 12.8. The van der Waals surface area contributed by atoms with Crippen molar-refractivity contribution in [3.63, 3.8) is 0 Å². The Balaban J connectivity index is 2.53. The molecule has 0 atom stereocenters. The number of carbonyl (C=O) groups is 1. The summed E-state index contributed by atoms with van der Waals surface area (Å²) in [5.41, 5.74) is 0.644. The van der Waals surface area contributed by atoms with E-state index in [9.17, 15) is 22.0 Å². The van der Waals surface area contributed by atoms with Gasteiger partial charge in [0.2, 0.25) is 0 Å². The maximum absolute atomic E-state index is 12.8. The third-order valence-corrected chi connectivity index (χ3v) is 4.02. The summed E-state index contributed by atoms with van der Waals surface area (Å²) in [6.45, 7) is 0. The Bertz CT molecular complexity index is 514. The fourth-order valence-electron chi connectivity index (χ4n) is 1.05. The minimum absolute atomic E-state index is 0.0763. The normalized spacial score (nSPS) is 12.4. The first kappa shape index (κ1) is 15.1. The van der Waals surface area contributed by atoms with Crippen molar-refractivity contribution >= 4 is 27.0 Å². The molecule has 0 aliphatic heterocycles. The van der Waals surface area contributed by atoms with E-state index < -0.39 is 26.2 Å². The van der Waals surface area contributed by atoms with Crippen LogP contribution in [0.1, 0.15) is 5.56 Å². The van der Waals surface area contributed by atoms with E-state index in [1.807, 2.05) is 0 Å². The van der Waals surface area contributed by atoms with Gasteiger partial charge in [0.05, 0.1) is 5.75 Å². The number of alkyl halides is 2. The van der Waals surface area contributed by atoms with Gasteiger partial charge in [0.1, 0.15) is 0 Å². The highest BCUT2D eigenvalue weighted by Crippen LogP contribution is 2.26. The van der Waals surface area contributed by atoms with Crippen molar-refractivity contribution in [2.45, 2.75) is 11.7 Å². The van der Waals surface area contributed by atoms with E-state index in [0.717, 1.165) is 0 Å². The molecular weight excluding hydrogens is 286 g/mol. The zero-order valence-electron chi connectivity index (χ0n) is 9.05. The molecule has 0 aromatic heterocycles. The van der Waals surface area contributed by atoms with Crippen LogP contribution in [-0.4, -0.2) is 29.1 Å². The van der Waals surface area contributed by atoms with Crippen molar-refractivity contribution in [2.75, 3.05) is 5.75 Å². The number of halogens is 2. The van der Waals surface area contributed by atoms with E-state index in [0.29, 0.717) is 5.56 Å². The van der Waals surface area contributed by atoms with E-state index in [1.54, 1.807) is 30.3 Å². The molecule has 1 aromatic rings. The van der Waals surface area contributed by atoms with Crippen molar-refractivity contribution in [1.29, 1.82) is 0 Å². The second-order valence-electron chi connectivity index (χ2n) is 3.44. The summed E-state index contributed by atoms with van der Waals surface area (Å²) in [5, 5.41) is -4.91. The second kappa shape index (κ2) is 5.77. The molecule has 1 rings (SSSR count). The van der Waals surface area contributed by atoms with Crippen molar-refractivity contribution in [1.82, 2.24) is 0 Å². The Morgan fingerprint density at radius 3 is 2.33 bits per heavy atom. The van der Waals surface area contributed by atoms with E-state index in [1.165, 1.54) is 0 Å². The van der Waals surface area contributed by atoms with Crippen LogP contribution >= 0.6 is 11.8 Å². The molecular formula is C10H10F2O4S2. The molecule has 0 amide bonds. The molecule has 0 heterocycles. The molecule has 8 heteroatoms. The Labute approximate surface area is 107 Å². The molecule has 0 fully saturated rings. The number of benzene rings is 1. The Morgan fingerprint density at radius 1 is 1.28 bits per heavy atom. The van der Waals surface area contributed by atoms with Crippen LogP contribution in [0.3, 0.4) is 0 Å². The van der Waals surface area contributed by atoms with Crippen LogP contribution in [0.5, 0.6) is 0 Å². The molecule has 0 bridgehead atoms. The largest absolute Gasteiger partial charge is 0.379 e. The topological polar surface area (TPSA) is 71.4 Å². The third kappa shape index (κ3) is 4.35. The van der Waals surface area contributed by atoms with Crippen molar-refractivity contribution in [3.05, 3.63) is 35.9 Å². The highest BCUT2D eigenvalue weighted by atomic mass is 32.2. The van der Waals surface area contributed by atoms with Crippen molar-refractivity contribution in [2.24, 2.45) is 0 Å². The average Bonchev–Trinajstić information content (AvgIpc) is 2.26. The zero-order chi connectivity index (χ0) is 13.8. The van der Waals surface area contributed by atoms with Crippen LogP contribution < -0.4 is 0 Å². The van der Waals surface area contributed by atoms with Gasteiger partial charge in [-0.1, -0.05) is 42.1 Å². The quantitative estimate of drug-likeness (QED) is 0.841. The fraction of sp³-hybridized carbons (Fsp3) is 0.300. The lowest BCUT2D eigenvalue weighted by molar-refractivity contribution is -0.110. The molecule has 0 unspecified atom stereocenters. The Kier molecular flexibility index (Phi) is 4.83. The van der Waals surface area contributed by atoms with E-state index in [2.05, 4.69) is 0 Å². The fourth-order valence-corrected chi connectivity index (χ4v) is 2.42.